The maximum atomic E-state index is 12.6. The van der Waals surface area contributed by atoms with Crippen LogP contribution in [-0.4, -0.2) is 42.4 Å². The van der Waals surface area contributed by atoms with Crippen molar-refractivity contribution >= 4 is 35.1 Å². The monoisotopic (exact) mass is 429 g/mol. The number of halogens is 1. The van der Waals surface area contributed by atoms with Crippen molar-refractivity contribution in [2.24, 2.45) is 0 Å². The van der Waals surface area contributed by atoms with Gasteiger partial charge in [-0.15, -0.1) is 0 Å². The Hall–Kier alpha value is -3.06. The fourth-order valence-electron chi connectivity index (χ4n) is 3.19. The molecule has 0 saturated carbocycles. The smallest absolute Gasteiger partial charge is 0.324 e. The van der Waals surface area contributed by atoms with Gasteiger partial charge in [0.2, 0.25) is 5.91 Å². The third-order valence-electron chi connectivity index (χ3n) is 5.01. The first-order valence-corrected chi connectivity index (χ1v) is 10.1. The highest BCUT2D eigenvalue weighted by Gasteiger charge is 2.37. The average Bonchev–Trinajstić information content (AvgIpc) is 3.01. The van der Waals surface area contributed by atoms with Gasteiger partial charge in [0.25, 0.3) is 5.91 Å². The summed E-state index contributed by atoms with van der Waals surface area (Å²) in [5.41, 5.74) is 2.51. The number of benzene rings is 2. The van der Waals surface area contributed by atoms with E-state index in [1.54, 1.807) is 19.2 Å². The van der Waals surface area contributed by atoms with Gasteiger partial charge in [-0.1, -0.05) is 29.8 Å². The lowest BCUT2D eigenvalue weighted by Gasteiger charge is -2.13. The Morgan fingerprint density at radius 2 is 1.93 bits per heavy atom. The standard InChI is InChI=1S/C22H24ClN3O4/c1-14-3-6-16(13-18(14)23)24-20(27)10-9-19-21(28)26(22(29)25-19)12-11-15-4-7-17(30-2)8-5-15/h3-8,13,19H,9-12H2,1-2H3,(H,24,27)(H,25,29)/t19-/m0/s1. The minimum atomic E-state index is -0.694. The molecule has 30 heavy (non-hydrogen) atoms. The summed E-state index contributed by atoms with van der Waals surface area (Å²) in [5, 5.41) is 5.98. The zero-order valence-electron chi connectivity index (χ0n) is 16.9. The third kappa shape index (κ3) is 5.30. The lowest BCUT2D eigenvalue weighted by atomic mass is 10.1. The van der Waals surface area contributed by atoms with Gasteiger partial charge in [-0.05, 0) is 55.2 Å². The topological polar surface area (TPSA) is 87.7 Å². The van der Waals surface area contributed by atoms with Crippen LogP contribution in [0.25, 0.3) is 0 Å². The lowest BCUT2D eigenvalue weighted by molar-refractivity contribution is -0.127. The van der Waals surface area contributed by atoms with Crippen molar-refractivity contribution in [3.63, 3.8) is 0 Å². The molecule has 0 aliphatic carbocycles. The van der Waals surface area contributed by atoms with Crippen LogP contribution >= 0.6 is 11.6 Å². The van der Waals surface area contributed by atoms with Crippen LogP contribution < -0.4 is 15.4 Å². The van der Waals surface area contributed by atoms with E-state index in [2.05, 4.69) is 10.6 Å². The SMILES string of the molecule is COc1ccc(CCN2C(=O)N[C@@H](CCC(=O)Nc3ccc(C)c(Cl)c3)C2=O)cc1. The van der Waals surface area contributed by atoms with E-state index < -0.39 is 12.1 Å². The van der Waals surface area contributed by atoms with Crippen LogP contribution in [-0.2, 0) is 16.0 Å². The Morgan fingerprint density at radius 3 is 2.60 bits per heavy atom. The Labute approximate surface area is 180 Å². The number of nitrogens with zero attached hydrogens (tertiary/aromatic N) is 1. The molecule has 0 radical (unpaired) electrons. The highest BCUT2D eigenvalue weighted by molar-refractivity contribution is 6.31. The second-order valence-electron chi connectivity index (χ2n) is 7.14. The average molecular weight is 430 g/mol. The molecule has 158 valence electrons. The first-order chi connectivity index (χ1) is 14.4. The molecule has 1 aliphatic heterocycles. The lowest BCUT2D eigenvalue weighted by Crippen LogP contribution is -2.33. The third-order valence-corrected chi connectivity index (χ3v) is 5.41. The van der Waals surface area contributed by atoms with E-state index in [0.717, 1.165) is 16.9 Å². The van der Waals surface area contributed by atoms with Gasteiger partial charge < -0.3 is 15.4 Å². The molecule has 1 atom stereocenters. The molecule has 2 aromatic rings. The maximum absolute atomic E-state index is 12.6. The number of urea groups is 1. The van der Waals surface area contributed by atoms with Crippen molar-refractivity contribution in [2.45, 2.75) is 32.2 Å². The predicted molar refractivity (Wildman–Crippen MR) is 115 cm³/mol. The maximum Gasteiger partial charge on any atom is 0.324 e. The summed E-state index contributed by atoms with van der Waals surface area (Å²) in [6, 6.07) is 11.6. The highest BCUT2D eigenvalue weighted by Crippen LogP contribution is 2.20. The van der Waals surface area contributed by atoms with Gasteiger partial charge in [0.05, 0.1) is 7.11 Å². The summed E-state index contributed by atoms with van der Waals surface area (Å²) >= 11 is 6.06. The summed E-state index contributed by atoms with van der Waals surface area (Å²) in [5.74, 6) is 0.202. The number of nitrogens with one attached hydrogen (secondary N) is 2. The van der Waals surface area contributed by atoms with Crippen LogP contribution in [0.15, 0.2) is 42.5 Å². The van der Waals surface area contributed by atoms with Crippen LogP contribution in [0.5, 0.6) is 5.75 Å². The molecule has 0 aromatic heterocycles. The molecule has 4 amide bonds. The van der Waals surface area contributed by atoms with E-state index in [1.165, 1.54) is 4.90 Å². The Bertz CT molecular complexity index is 946. The molecule has 1 aliphatic rings. The van der Waals surface area contributed by atoms with Crippen molar-refractivity contribution in [3.05, 3.63) is 58.6 Å². The summed E-state index contributed by atoms with van der Waals surface area (Å²) in [6.45, 7) is 2.16. The number of carbonyl (C=O) groups excluding carboxylic acids is 3. The summed E-state index contributed by atoms with van der Waals surface area (Å²) in [6.07, 6.45) is 0.883. The van der Waals surface area contributed by atoms with Gasteiger partial charge >= 0.3 is 6.03 Å². The predicted octanol–water partition coefficient (Wildman–Crippen LogP) is 3.54. The van der Waals surface area contributed by atoms with Gasteiger partial charge in [-0.25, -0.2) is 4.79 Å². The zero-order valence-corrected chi connectivity index (χ0v) is 17.7. The number of anilines is 1. The fourth-order valence-corrected chi connectivity index (χ4v) is 3.37. The number of carbonyl (C=O) groups is 3. The molecule has 1 fully saturated rings. The molecule has 1 saturated heterocycles. The molecule has 2 aromatic carbocycles. The van der Waals surface area contributed by atoms with Crippen LogP contribution in [0.4, 0.5) is 10.5 Å². The van der Waals surface area contributed by atoms with Gasteiger partial charge in [0, 0.05) is 23.7 Å². The number of hydrogen-bond donors (Lipinski definition) is 2. The van der Waals surface area contributed by atoms with Gasteiger partial charge in [-0.2, -0.15) is 0 Å². The Kier molecular flexibility index (Phi) is 6.95. The van der Waals surface area contributed by atoms with E-state index >= 15 is 0 Å². The van der Waals surface area contributed by atoms with Gasteiger partial charge in [-0.3, -0.25) is 14.5 Å². The number of ether oxygens (including phenoxy) is 1. The van der Waals surface area contributed by atoms with Crippen molar-refractivity contribution in [1.82, 2.24) is 10.2 Å². The molecule has 0 bridgehead atoms. The van der Waals surface area contributed by atoms with E-state index in [4.69, 9.17) is 16.3 Å². The molecule has 0 unspecified atom stereocenters. The van der Waals surface area contributed by atoms with Crippen molar-refractivity contribution in [1.29, 1.82) is 0 Å². The minimum absolute atomic E-state index is 0.106. The minimum Gasteiger partial charge on any atom is -0.497 e. The molecule has 2 N–H and O–H groups in total. The number of aryl methyl sites for hydroxylation is 1. The number of imide groups is 1. The first kappa shape index (κ1) is 21.6. The fraction of sp³-hybridized carbons (Fsp3) is 0.318. The largest absolute Gasteiger partial charge is 0.497 e. The second-order valence-corrected chi connectivity index (χ2v) is 7.55. The zero-order chi connectivity index (χ0) is 21.7. The summed E-state index contributed by atoms with van der Waals surface area (Å²) in [7, 11) is 1.60. The van der Waals surface area contributed by atoms with Crippen molar-refractivity contribution in [2.75, 3.05) is 19.0 Å². The molecular formula is C22H24ClN3O4. The van der Waals surface area contributed by atoms with Gasteiger partial charge in [0.1, 0.15) is 11.8 Å². The van der Waals surface area contributed by atoms with Crippen LogP contribution in [0.1, 0.15) is 24.0 Å². The second kappa shape index (κ2) is 9.63. The Morgan fingerprint density at radius 1 is 1.20 bits per heavy atom. The molecule has 7 nitrogen and oxygen atoms in total. The quantitative estimate of drug-likeness (QED) is 0.628. The molecule has 3 rings (SSSR count). The molecule has 1 heterocycles. The summed E-state index contributed by atoms with van der Waals surface area (Å²) < 4.78 is 5.12. The van der Waals surface area contributed by atoms with E-state index in [0.29, 0.717) is 17.1 Å². The van der Waals surface area contributed by atoms with E-state index in [9.17, 15) is 14.4 Å². The number of hydrogen-bond acceptors (Lipinski definition) is 4. The van der Waals surface area contributed by atoms with Gasteiger partial charge in [0.15, 0.2) is 0 Å². The van der Waals surface area contributed by atoms with Crippen LogP contribution in [0.3, 0.4) is 0 Å². The Balaban J connectivity index is 1.48. The van der Waals surface area contributed by atoms with Crippen molar-refractivity contribution < 1.29 is 19.1 Å². The highest BCUT2D eigenvalue weighted by atomic mass is 35.5. The molecule has 0 spiro atoms. The van der Waals surface area contributed by atoms with Crippen LogP contribution in [0.2, 0.25) is 5.02 Å². The number of rotatable bonds is 8. The first-order valence-electron chi connectivity index (χ1n) is 9.68. The molecular weight excluding hydrogens is 406 g/mol. The van der Waals surface area contributed by atoms with Crippen molar-refractivity contribution in [3.8, 4) is 5.75 Å². The van der Waals surface area contributed by atoms with Crippen LogP contribution in [0, 0.1) is 6.92 Å². The van der Waals surface area contributed by atoms with E-state index in [1.807, 2.05) is 37.3 Å². The summed E-state index contributed by atoms with van der Waals surface area (Å²) in [4.78, 5) is 38.1. The van der Waals surface area contributed by atoms with E-state index in [-0.39, 0.29) is 31.2 Å². The normalized spacial score (nSPS) is 15.8. The number of methoxy groups -OCH3 is 1. The molecule has 8 heteroatoms. The number of amides is 4.